The third-order valence-corrected chi connectivity index (χ3v) is 6.25. The second-order valence-electron chi connectivity index (χ2n) is 6.92. The SMILES string of the molecule is Cc1ccc(NC(=O)Cn2cnc3sc4c(c3c2=O)CCCC4)cc1C. The molecule has 0 atom stereocenters. The van der Waals surface area contributed by atoms with Gasteiger partial charge in [0.05, 0.1) is 11.7 Å². The van der Waals surface area contributed by atoms with E-state index in [9.17, 15) is 9.59 Å². The zero-order valence-electron chi connectivity index (χ0n) is 15.0. The van der Waals surface area contributed by atoms with Crippen LogP contribution in [0.4, 0.5) is 5.69 Å². The molecule has 0 fully saturated rings. The number of anilines is 1. The fraction of sp³-hybridized carbons (Fsp3) is 0.350. The van der Waals surface area contributed by atoms with Crippen molar-refractivity contribution in [2.24, 2.45) is 0 Å². The molecule has 1 aliphatic carbocycles. The summed E-state index contributed by atoms with van der Waals surface area (Å²) in [6.45, 7) is 4.01. The summed E-state index contributed by atoms with van der Waals surface area (Å²) in [5.74, 6) is -0.222. The predicted octanol–water partition coefficient (Wildman–Crippen LogP) is 3.59. The number of nitrogens with one attached hydrogen (secondary N) is 1. The third-order valence-electron chi connectivity index (χ3n) is 5.05. The van der Waals surface area contributed by atoms with E-state index in [-0.39, 0.29) is 18.0 Å². The van der Waals surface area contributed by atoms with Crippen molar-refractivity contribution in [2.75, 3.05) is 5.32 Å². The van der Waals surface area contributed by atoms with Crippen molar-refractivity contribution >= 4 is 33.1 Å². The number of benzene rings is 1. The largest absolute Gasteiger partial charge is 0.325 e. The molecule has 0 spiro atoms. The van der Waals surface area contributed by atoms with E-state index in [1.807, 2.05) is 32.0 Å². The van der Waals surface area contributed by atoms with Gasteiger partial charge in [-0.25, -0.2) is 4.98 Å². The van der Waals surface area contributed by atoms with Crippen molar-refractivity contribution < 1.29 is 4.79 Å². The number of fused-ring (bicyclic) bond motifs is 3. The van der Waals surface area contributed by atoms with E-state index in [1.165, 1.54) is 27.8 Å². The lowest BCUT2D eigenvalue weighted by Crippen LogP contribution is -2.28. The van der Waals surface area contributed by atoms with Gasteiger partial charge in [0, 0.05) is 10.6 Å². The van der Waals surface area contributed by atoms with Gasteiger partial charge < -0.3 is 5.32 Å². The van der Waals surface area contributed by atoms with Crippen LogP contribution in [0.15, 0.2) is 29.3 Å². The molecule has 0 saturated carbocycles. The molecule has 1 amide bonds. The van der Waals surface area contributed by atoms with Crippen LogP contribution in [0.5, 0.6) is 0 Å². The lowest BCUT2D eigenvalue weighted by atomic mass is 9.97. The van der Waals surface area contributed by atoms with E-state index in [0.29, 0.717) is 5.39 Å². The van der Waals surface area contributed by atoms with E-state index in [2.05, 4.69) is 10.3 Å². The van der Waals surface area contributed by atoms with E-state index >= 15 is 0 Å². The summed E-state index contributed by atoms with van der Waals surface area (Å²) in [6, 6.07) is 5.79. The zero-order valence-corrected chi connectivity index (χ0v) is 15.8. The first-order valence-electron chi connectivity index (χ1n) is 8.90. The van der Waals surface area contributed by atoms with Crippen LogP contribution in [0.2, 0.25) is 0 Å². The molecular weight excluding hydrogens is 346 g/mol. The van der Waals surface area contributed by atoms with Crippen molar-refractivity contribution in [1.82, 2.24) is 9.55 Å². The highest BCUT2D eigenvalue weighted by molar-refractivity contribution is 7.18. The summed E-state index contributed by atoms with van der Waals surface area (Å²) in [4.78, 5) is 31.8. The Balaban J connectivity index is 1.60. The standard InChI is InChI=1S/C20H21N3O2S/c1-12-7-8-14(9-13(12)2)22-17(24)10-23-11-21-19-18(20(23)25)15-5-3-4-6-16(15)26-19/h7-9,11H,3-6,10H2,1-2H3,(H,22,24). The van der Waals surface area contributed by atoms with Crippen molar-refractivity contribution in [3.8, 4) is 0 Å². The van der Waals surface area contributed by atoms with Crippen LogP contribution >= 0.6 is 11.3 Å². The summed E-state index contributed by atoms with van der Waals surface area (Å²) in [5.41, 5.74) is 4.08. The van der Waals surface area contributed by atoms with Gasteiger partial charge in [-0.05, 0) is 68.4 Å². The highest BCUT2D eigenvalue weighted by atomic mass is 32.1. The number of thiophene rings is 1. The fourth-order valence-corrected chi connectivity index (χ4v) is 4.69. The van der Waals surface area contributed by atoms with Crippen molar-refractivity contribution in [2.45, 2.75) is 46.1 Å². The topological polar surface area (TPSA) is 64.0 Å². The molecule has 0 unspecified atom stereocenters. The molecule has 4 rings (SSSR count). The predicted molar refractivity (Wildman–Crippen MR) is 105 cm³/mol. The first kappa shape index (κ1) is 17.0. The molecule has 2 aromatic heterocycles. The maximum Gasteiger partial charge on any atom is 0.262 e. The second kappa shape index (κ2) is 6.68. The molecule has 134 valence electrons. The van der Waals surface area contributed by atoms with Crippen LogP contribution in [-0.2, 0) is 24.2 Å². The molecule has 0 radical (unpaired) electrons. The monoisotopic (exact) mass is 367 g/mol. The maximum atomic E-state index is 12.9. The van der Waals surface area contributed by atoms with Gasteiger partial charge in [-0.15, -0.1) is 11.3 Å². The number of nitrogens with zero attached hydrogens (tertiary/aromatic N) is 2. The molecule has 6 heteroatoms. The minimum absolute atomic E-state index is 0.0285. The van der Waals surface area contributed by atoms with Gasteiger partial charge in [0.2, 0.25) is 5.91 Å². The lowest BCUT2D eigenvalue weighted by Gasteiger charge is -2.11. The smallest absolute Gasteiger partial charge is 0.262 e. The highest BCUT2D eigenvalue weighted by Gasteiger charge is 2.20. The molecule has 1 aliphatic rings. The minimum Gasteiger partial charge on any atom is -0.325 e. The molecule has 3 aromatic rings. The summed E-state index contributed by atoms with van der Waals surface area (Å²) in [5, 5.41) is 3.58. The lowest BCUT2D eigenvalue weighted by molar-refractivity contribution is -0.116. The summed E-state index contributed by atoms with van der Waals surface area (Å²) in [7, 11) is 0. The van der Waals surface area contributed by atoms with Gasteiger partial charge in [-0.1, -0.05) is 6.07 Å². The highest BCUT2D eigenvalue weighted by Crippen LogP contribution is 2.33. The number of hydrogen-bond donors (Lipinski definition) is 1. The maximum absolute atomic E-state index is 12.9. The zero-order chi connectivity index (χ0) is 18.3. The van der Waals surface area contributed by atoms with Gasteiger partial charge in [0.25, 0.3) is 5.56 Å². The Morgan fingerprint density at radius 1 is 1.23 bits per heavy atom. The van der Waals surface area contributed by atoms with Crippen LogP contribution in [0.3, 0.4) is 0 Å². The minimum atomic E-state index is -0.222. The number of carbonyl (C=O) groups excluding carboxylic acids is 1. The quantitative estimate of drug-likeness (QED) is 0.769. The molecule has 2 heterocycles. The fourth-order valence-electron chi connectivity index (χ4n) is 3.47. The number of carbonyl (C=O) groups is 1. The third kappa shape index (κ3) is 3.05. The average Bonchev–Trinajstić information content (AvgIpc) is 3.00. The molecule has 26 heavy (non-hydrogen) atoms. The van der Waals surface area contributed by atoms with Crippen LogP contribution in [-0.4, -0.2) is 15.5 Å². The molecular formula is C20H21N3O2S. The Labute approximate surface area is 155 Å². The molecule has 0 saturated heterocycles. The first-order chi connectivity index (χ1) is 12.5. The van der Waals surface area contributed by atoms with E-state index in [4.69, 9.17) is 0 Å². The van der Waals surface area contributed by atoms with Crippen molar-refractivity contribution in [3.63, 3.8) is 0 Å². The molecule has 5 nitrogen and oxygen atoms in total. The van der Waals surface area contributed by atoms with Gasteiger partial charge in [0.15, 0.2) is 0 Å². The normalized spacial score (nSPS) is 13.6. The Kier molecular flexibility index (Phi) is 4.36. The average molecular weight is 367 g/mol. The first-order valence-corrected chi connectivity index (χ1v) is 9.71. The van der Waals surface area contributed by atoms with Gasteiger partial charge in [0.1, 0.15) is 11.4 Å². The van der Waals surface area contributed by atoms with E-state index < -0.39 is 0 Å². The van der Waals surface area contributed by atoms with Crippen molar-refractivity contribution in [3.05, 3.63) is 56.4 Å². The van der Waals surface area contributed by atoms with Gasteiger partial charge in [-0.2, -0.15) is 0 Å². The Bertz CT molecular complexity index is 1060. The second-order valence-corrected chi connectivity index (χ2v) is 8.00. The number of amides is 1. The van der Waals surface area contributed by atoms with Gasteiger partial charge in [-0.3, -0.25) is 14.2 Å². The van der Waals surface area contributed by atoms with Crippen molar-refractivity contribution in [1.29, 1.82) is 0 Å². The van der Waals surface area contributed by atoms with Crippen LogP contribution in [0, 0.1) is 13.8 Å². The summed E-state index contributed by atoms with van der Waals surface area (Å²) >= 11 is 1.62. The molecule has 0 bridgehead atoms. The van der Waals surface area contributed by atoms with E-state index in [0.717, 1.165) is 40.9 Å². The number of aryl methyl sites for hydroxylation is 4. The van der Waals surface area contributed by atoms with Crippen LogP contribution in [0.25, 0.3) is 10.2 Å². The van der Waals surface area contributed by atoms with Crippen LogP contribution in [0.1, 0.15) is 34.4 Å². The van der Waals surface area contributed by atoms with Crippen LogP contribution < -0.4 is 10.9 Å². The van der Waals surface area contributed by atoms with E-state index in [1.54, 1.807) is 11.3 Å². The Morgan fingerprint density at radius 3 is 2.85 bits per heavy atom. The van der Waals surface area contributed by atoms with Gasteiger partial charge >= 0.3 is 0 Å². The molecule has 1 aromatic carbocycles. The number of aromatic nitrogens is 2. The number of rotatable bonds is 3. The molecule has 0 aliphatic heterocycles. The Morgan fingerprint density at radius 2 is 2.04 bits per heavy atom. The molecule has 1 N–H and O–H groups in total. The summed E-state index contributed by atoms with van der Waals surface area (Å²) in [6.07, 6.45) is 5.74. The number of hydrogen-bond acceptors (Lipinski definition) is 4. The summed E-state index contributed by atoms with van der Waals surface area (Å²) < 4.78 is 1.42. The Hall–Kier alpha value is -2.47.